The van der Waals surface area contributed by atoms with Gasteiger partial charge in [-0.1, -0.05) is 12.1 Å². The van der Waals surface area contributed by atoms with Gasteiger partial charge in [0.15, 0.2) is 0 Å². The molecule has 1 heterocycles. The number of H-pyrrole nitrogens is 1. The normalized spacial score (nSPS) is 13.7. The van der Waals surface area contributed by atoms with Crippen molar-refractivity contribution in [3.05, 3.63) is 53.6 Å². The van der Waals surface area contributed by atoms with E-state index in [9.17, 15) is 0 Å². The van der Waals surface area contributed by atoms with Crippen molar-refractivity contribution in [3.8, 4) is 17.0 Å². The molecule has 0 aliphatic heterocycles. The summed E-state index contributed by atoms with van der Waals surface area (Å²) in [6.45, 7) is 0. The van der Waals surface area contributed by atoms with Gasteiger partial charge in [-0.25, -0.2) is 0 Å². The maximum atomic E-state index is 5.24. The van der Waals surface area contributed by atoms with Crippen LogP contribution in [0.15, 0.2) is 42.5 Å². The number of nitrogens with one attached hydrogen (secondary N) is 1. The molecule has 0 atom stereocenters. The minimum Gasteiger partial charge on any atom is -0.497 e. The maximum absolute atomic E-state index is 5.24. The molecule has 0 amide bonds. The first-order chi connectivity index (χ1) is 9.86. The van der Waals surface area contributed by atoms with Crippen LogP contribution >= 0.6 is 0 Å². The van der Waals surface area contributed by atoms with E-state index >= 15 is 0 Å². The number of methoxy groups -OCH3 is 1. The van der Waals surface area contributed by atoms with Crippen LogP contribution < -0.4 is 4.74 Å². The summed E-state index contributed by atoms with van der Waals surface area (Å²) >= 11 is 0. The Morgan fingerprint density at radius 1 is 1.00 bits per heavy atom. The maximum Gasteiger partial charge on any atom is 0.118 e. The molecule has 1 aliphatic rings. The lowest BCUT2D eigenvalue weighted by Crippen LogP contribution is -1.99. The second kappa shape index (κ2) is 4.41. The van der Waals surface area contributed by atoms with E-state index in [1.807, 2.05) is 12.1 Å². The Kier molecular flexibility index (Phi) is 2.56. The number of ether oxygens (including phenoxy) is 1. The van der Waals surface area contributed by atoms with Crippen LogP contribution in [-0.2, 0) is 12.8 Å². The molecule has 4 rings (SSSR count). The molecule has 0 saturated heterocycles. The van der Waals surface area contributed by atoms with Gasteiger partial charge in [0.05, 0.1) is 7.11 Å². The minimum atomic E-state index is 0.902. The van der Waals surface area contributed by atoms with Gasteiger partial charge in [-0.05, 0) is 66.3 Å². The van der Waals surface area contributed by atoms with E-state index in [-0.39, 0.29) is 0 Å². The summed E-state index contributed by atoms with van der Waals surface area (Å²) in [6, 6.07) is 14.9. The van der Waals surface area contributed by atoms with Gasteiger partial charge in [-0.2, -0.15) is 0 Å². The smallest absolute Gasteiger partial charge is 0.118 e. The van der Waals surface area contributed by atoms with E-state index in [1.54, 1.807) is 7.11 Å². The van der Waals surface area contributed by atoms with Crippen LogP contribution in [0.5, 0.6) is 5.75 Å². The topological polar surface area (TPSA) is 25.0 Å². The number of aromatic amines is 1. The third-order valence-corrected chi connectivity index (χ3v) is 4.27. The van der Waals surface area contributed by atoms with Crippen LogP contribution in [-0.4, -0.2) is 12.1 Å². The highest BCUT2D eigenvalue weighted by molar-refractivity contribution is 5.94. The third kappa shape index (κ3) is 1.64. The zero-order valence-electron chi connectivity index (χ0n) is 11.6. The number of aromatic nitrogens is 1. The van der Waals surface area contributed by atoms with Crippen LogP contribution in [0.4, 0.5) is 0 Å². The Hall–Kier alpha value is -2.22. The average Bonchev–Trinajstić information content (AvgIpc) is 2.89. The fourth-order valence-electron chi connectivity index (χ4n) is 3.31. The number of rotatable bonds is 2. The molecule has 2 aromatic carbocycles. The van der Waals surface area contributed by atoms with Crippen molar-refractivity contribution in [3.63, 3.8) is 0 Å². The molecule has 2 heteroatoms. The summed E-state index contributed by atoms with van der Waals surface area (Å²) < 4.78 is 5.24. The van der Waals surface area contributed by atoms with Gasteiger partial charge in [-0.3, -0.25) is 0 Å². The molecule has 0 fully saturated rings. The summed E-state index contributed by atoms with van der Waals surface area (Å²) in [4.78, 5) is 3.61. The lowest BCUT2D eigenvalue weighted by Gasteiger charge is -2.13. The van der Waals surface area contributed by atoms with Gasteiger partial charge in [-0.15, -0.1) is 0 Å². The molecule has 1 aromatic heterocycles. The van der Waals surface area contributed by atoms with Gasteiger partial charge < -0.3 is 9.72 Å². The molecule has 0 unspecified atom stereocenters. The van der Waals surface area contributed by atoms with Crippen molar-refractivity contribution in [2.24, 2.45) is 0 Å². The summed E-state index contributed by atoms with van der Waals surface area (Å²) in [7, 11) is 1.70. The lowest BCUT2D eigenvalue weighted by atomic mass is 9.90. The van der Waals surface area contributed by atoms with Crippen LogP contribution in [0.3, 0.4) is 0 Å². The predicted molar refractivity (Wildman–Crippen MR) is 82.3 cm³/mol. The Bertz CT molecular complexity index is 768. The van der Waals surface area contributed by atoms with E-state index in [0.29, 0.717) is 0 Å². The first-order valence-corrected chi connectivity index (χ1v) is 7.13. The van der Waals surface area contributed by atoms with Crippen LogP contribution in [0, 0.1) is 0 Å². The summed E-state index contributed by atoms with van der Waals surface area (Å²) in [6.07, 6.45) is 3.61. The second-order valence-corrected chi connectivity index (χ2v) is 5.40. The zero-order valence-corrected chi connectivity index (χ0v) is 11.6. The van der Waals surface area contributed by atoms with Gasteiger partial charge in [0.25, 0.3) is 0 Å². The van der Waals surface area contributed by atoms with Crippen LogP contribution in [0.2, 0.25) is 0 Å². The van der Waals surface area contributed by atoms with Gasteiger partial charge in [0.1, 0.15) is 5.75 Å². The zero-order chi connectivity index (χ0) is 13.5. The molecule has 20 heavy (non-hydrogen) atoms. The van der Waals surface area contributed by atoms with Crippen molar-refractivity contribution in [2.45, 2.75) is 19.3 Å². The van der Waals surface area contributed by atoms with Gasteiger partial charge in [0, 0.05) is 16.6 Å². The molecule has 2 nitrogen and oxygen atoms in total. The number of benzene rings is 2. The third-order valence-electron chi connectivity index (χ3n) is 4.27. The molecule has 1 aliphatic carbocycles. The van der Waals surface area contributed by atoms with E-state index < -0.39 is 0 Å². The molecule has 3 aromatic rings. The molecule has 100 valence electrons. The van der Waals surface area contributed by atoms with E-state index in [1.165, 1.54) is 52.5 Å². The molecular formula is C18H17NO. The van der Waals surface area contributed by atoms with E-state index in [4.69, 9.17) is 4.74 Å². The number of hydrogen-bond donors (Lipinski definition) is 1. The van der Waals surface area contributed by atoms with Crippen LogP contribution in [0.1, 0.15) is 17.5 Å². The molecule has 0 bridgehead atoms. The fraction of sp³-hybridized carbons (Fsp3) is 0.222. The highest BCUT2D eigenvalue weighted by Gasteiger charge is 2.19. The average molecular weight is 263 g/mol. The quantitative estimate of drug-likeness (QED) is 0.731. The molecule has 0 spiro atoms. The van der Waals surface area contributed by atoms with Crippen LogP contribution in [0.25, 0.3) is 22.2 Å². The Balaban J connectivity index is 1.93. The SMILES string of the molecule is COc1ccc(-c2[nH]c3cccc4c3c2CCC4)cc1. The van der Waals surface area contributed by atoms with E-state index in [2.05, 4.69) is 35.3 Å². The van der Waals surface area contributed by atoms with Crippen molar-refractivity contribution >= 4 is 10.9 Å². The highest BCUT2D eigenvalue weighted by Crippen LogP contribution is 2.37. The standard InChI is InChI=1S/C18H17NO/c1-20-14-10-8-13(9-11-14)18-15-6-2-4-12-5-3-7-16(19-18)17(12)15/h3,5,7-11,19H,2,4,6H2,1H3. The fourth-order valence-corrected chi connectivity index (χ4v) is 3.31. The van der Waals surface area contributed by atoms with Crippen molar-refractivity contribution in [2.75, 3.05) is 7.11 Å². The second-order valence-electron chi connectivity index (χ2n) is 5.40. The van der Waals surface area contributed by atoms with Crippen molar-refractivity contribution in [1.29, 1.82) is 0 Å². The molecule has 1 N–H and O–H groups in total. The summed E-state index contributed by atoms with van der Waals surface area (Å²) in [5.74, 6) is 0.902. The molecular weight excluding hydrogens is 246 g/mol. The van der Waals surface area contributed by atoms with Gasteiger partial charge in [0.2, 0.25) is 0 Å². The van der Waals surface area contributed by atoms with E-state index in [0.717, 1.165) is 5.75 Å². The lowest BCUT2D eigenvalue weighted by molar-refractivity contribution is 0.415. The Labute approximate surface area is 118 Å². The first kappa shape index (κ1) is 11.6. The van der Waals surface area contributed by atoms with Crippen molar-refractivity contribution < 1.29 is 4.74 Å². The predicted octanol–water partition coefficient (Wildman–Crippen LogP) is 4.33. The highest BCUT2D eigenvalue weighted by atomic mass is 16.5. The Morgan fingerprint density at radius 2 is 1.85 bits per heavy atom. The molecule has 0 saturated carbocycles. The van der Waals surface area contributed by atoms with Crippen molar-refractivity contribution in [1.82, 2.24) is 4.98 Å². The Morgan fingerprint density at radius 3 is 2.65 bits per heavy atom. The minimum absolute atomic E-state index is 0.902. The molecule has 0 radical (unpaired) electrons. The van der Waals surface area contributed by atoms with Gasteiger partial charge >= 0.3 is 0 Å². The summed E-state index contributed by atoms with van der Waals surface area (Å²) in [5.41, 5.74) is 6.74. The number of aryl methyl sites for hydroxylation is 2. The summed E-state index contributed by atoms with van der Waals surface area (Å²) in [5, 5.41) is 1.45. The number of hydrogen-bond acceptors (Lipinski definition) is 1. The largest absolute Gasteiger partial charge is 0.497 e. The monoisotopic (exact) mass is 263 g/mol. The first-order valence-electron chi connectivity index (χ1n) is 7.13.